The van der Waals surface area contributed by atoms with Crippen molar-refractivity contribution >= 4 is 10.0 Å². The molecule has 0 heterocycles. The molecule has 0 fully saturated rings. The van der Waals surface area contributed by atoms with E-state index in [1.165, 1.54) is 12.1 Å². The molecule has 94 valence electrons. The lowest BCUT2D eigenvalue weighted by Crippen LogP contribution is -2.14. The maximum atomic E-state index is 13.5. The Morgan fingerprint density at radius 3 is 2.11 bits per heavy atom. The van der Waals surface area contributed by atoms with Crippen LogP contribution in [-0.4, -0.2) is 8.42 Å². The van der Waals surface area contributed by atoms with Gasteiger partial charge in [-0.2, -0.15) is 0 Å². The van der Waals surface area contributed by atoms with Gasteiger partial charge in [-0.1, -0.05) is 36.4 Å². The molecule has 2 aromatic carbocycles. The number of benzene rings is 2. The first-order valence-electron chi connectivity index (χ1n) is 5.32. The van der Waals surface area contributed by atoms with Gasteiger partial charge in [0.05, 0.1) is 4.90 Å². The monoisotopic (exact) mass is 265 g/mol. The first-order chi connectivity index (χ1) is 8.48. The summed E-state index contributed by atoms with van der Waals surface area (Å²) in [4.78, 5) is 0.0354. The van der Waals surface area contributed by atoms with Crippen LogP contribution in [0.3, 0.4) is 0 Å². The number of nitrogens with two attached hydrogens (primary N) is 1. The fraction of sp³-hybridized carbons (Fsp3) is 0.0769. The Balaban J connectivity index is 2.45. The van der Waals surface area contributed by atoms with E-state index in [0.29, 0.717) is 11.1 Å². The number of primary sulfonamides is 1. The highest BCUT2D eigenvalue weighted by atomic mass is 32.2. The van der Waals surface area contributed by atoms with Crippen molar-refractivity contribution in [2.45, 2.75) is 11.3 Å². The van der Waals surface area contributed by atoms with Gasteiger partial charge in [0.2, 0.25) is 10.0 Å². The summed E-state index contributed by atoms with van der Waals surface area (Å²) in [6, 6.07) is 12.6. The second kappa shape index (κ2) is 4.88. The minimum absolute atomic E-state index is 0.0354. The highest BCUT2D eigenvalue weighted by molar-refractivity contribution is 7.89. The smallest absolute Gasteiger partial charge is 0.225 e. The molecule has 0 aliphatic carbocycles. The van der Waals surface area contributed by atoms with E-state index in [1.54, 1.807) is 36.4 Å². The summed E-state index contributed by atoms with van der Waals surface area (Å²) in [5.41, 5.74) is 0.929. The minimum Gasteiger partial charge on any atom is -0.225 e. The highest BCUT2D eigenvalue weighted by Gasteiger charge is 2.14. The van der Waals surface area contributed by atoms with Crippen LogP contribution in [0.1, 0.15) is 11.1 Å². The van der Waals surface area contributed by atoms with E-state index in [4.69, 9.17) is 5.14 Å². The molecule has 0 aromatic heterocycles. The number of hydrogen-bond donors (Lipinski definition) is 1. The van der Waals surface area contributed by atoms with Gasteiger partial charge in [-0.3, -0.25) is 0 Å². The van der Waals surface area contributed by atoms with E-state index in [2.05, 4.69) is 0 Å². The summed E-state index contributed by atoms with van der Waals surface area (Å²) in [6.45, 7) is 0. The Morgan fingerprint density at radius 1 is 0.944 bits per heavy atom. The van der Waals surface area contributed by atoms with Crippen molar-refractivity contribution in [3.8, 4) is 0 Å². The second-order valence-corrected chi connectivity index (χ2v) is 5.45. The van der Waals surface area contributed by atoms with Crippen molar-refractivity contribution in [2.75, 3.05) is 0 Å². The van der Waals surface area contributed by atoms with E-state index < -0.39 is 10.0 Å². The maximum Gasteiger partial charge on any atom is 0.238 e. The highest BCUT2D eigenvalue weighted by Crippen LogP contribution is 2.19. The Morgan fingerprint density at radius 2 is 1.50 bits per heavy atom. The maximum absolute atomic E-state index is 13.5. The molecule has 18 heavy (non-hydrogen) atoms. The number of halogens is 1. The number of hydrogen-bond acceptors (Lipinski definition) is 2. The molecule has 2 aromatic rings. The van der Waals surface area contributed by atoms with Crippen molar-refractivity contribution in [3.05, 3.63) is 65.5 Å². The SMILES string of the molecule is NS(=O)(=O)c1ccccc1Cc1ccccc1F. The zero-order chi connectivity index (χ0) is 13.2. The number of rotatable bonds is 3. The van der Waals surface area contributed by atoms with Crippen LogP contribution in [0, 0.1) is 5.82 Å². The van der Waals surface area contributed by atoms with Crippen molar-refractivity contribution in [1.29, 1.82) is 0 Å². The second-order valence-electron chi connectivity index (χ2n) is 3.92. The topological polar surface area (TPSA) is 60.2 Å². The van der Waals surface area contributed by atoms with Crippen LogP contribution in [-0.2, 0) is 16.4 Å². The molecule has 0 unspecified atom stereocenters. The molecule has 0 saturated heterocycles. The van der Waals surface area contributed by atoms with Gasteiger partial charge < -0.3 is 0 Å². The van der Waals surface area contributed by atoms with Crippen LogP contribution in [0.4, 0.5) is 4.39 Å². The summed E-state index contributed by atoms with van der Waals surface area (Å²) < 4.78 is 36.3. The lowest BCUT2D eigenvalue weighted by molar-refractivity contribution is 0.595. The molecule has 0 radical (unpaired) electrons. The van der Waals surface area contributed by atoms with E-state index in [1.807, 2.05) is 0 Å². The fourth-order valence-electron chi connectivity index (χ4n) is 1.77. The molecule has 0 bridgehead atoms. The van der Waals surface area contributed by atoms with Crippen molar-refractivity contribution < 1.29 is 12.8 Å². The summed E-state index contributed by atoms with van der Waals surface area (Å²) in [5.74, 6) is -0.360. The molecule has 0 aliphatic heterocycles. The van der Waals surface area contributed by atoms with Crippen LogP contribution in [0.25, 0.3) is 0 Å². The third-order valence-electron chi connectivity index (χ3n) is 2.62. The Labute approximate surface area is 105 Å². The predicted molar refractivity (Wildman–Crippen MR) is 67.0 cm³/mol. The van der Waals surface area contributed by atoms with Gasteiger partial charge >= 0.3 is 0 Å². The van der Waals surface area contributed by atoms with Gasteiger partial charge in [0, 0.05) is 6.42 Å². The van der Waals surface area contributed by atoms with Gasteiger partial charge in [-0.25, -0.2) is 17.9 Å². The largest absolute Gasteiger partial charge is 0.238 e. The Kier molecular flexibility index (Phi) is 3.45. The lowest BCUT2D eigenvalue weighted by Gasteiger charge is -2.08. The standard InChI is InChI=1S/C13H12FNO2S/c14-12-7-3-1-5-10(12)9-11-6-2-4-8-13(11)18(15,16)17/h1-8H,9H2,(H2,15,16,17). The molecular formula is C13H12FNO2S. The van der Waals surface area contributed by atoms with Crippen LogP contribution < -0.4 is 5.14 Å². The van der Waals surface area contributed by atoms with Gasteiger partial charge in [-0.05, 0) is 23.3 Å². The molecule has 2 rings (SSSR count). The van der Waals surface area contributed by atoms with Gasteiger partial charge in [0.25, 0.3) is 0 Å². The molecule has 0 aliphatic rings. The molecule has 2 N–H and O–H groups in total. The van der Waals surface area contributed by atoms with Gasteiger partial charge in [-0.15, -0.1) is 0 Å². The lowest BCUT2D eigenvalue weighted by atomic mass is 10.0. The number of sulfonamides is 1. The normalized spacial score (nSPS) is 11.4. The van der Waals surface area contributed by atoms with E-state index in [-0.39, 0.29) is 17.1 Å². The molecule has 5 heteroatoms. The molecule has 0 amide bonds. The predicted octanol–water partition coefficient (Wildman–Crippen LogP) is 2.06. The minimum atomic E-state index is -3.79. The third-order valence-corrected chi connectivity index (χ3v) is 3.63. The van der Waals surface area contributed by atoms with E-state index in [9.17, 15) is 12.8 Å². The summed E-state index contributed by atoms with van der Waals surface area (Å²) >= 11 is 0. The van der Waals surface area contributed by atoms with E-state index >= 15 is 0 Å². The van der Waals surface area contributed by atoms with Crippen molar-refractivity contribution in [3.63, 3.8) is 0 Å². The first kappa shape index (κ1) is 12.7. The molecule has 0 saturated carbocycles. The quantitative estimate of drug-likeness (QED) is 0.923. The summed E-state index contributed by atoms with van der Waals surface area (Å²) in [7, 11) is -3.79. The third kappa shape index (κ3) is 2.75. The van der Waals surface area contributed by atoms with Crippen molar-refractivity contribution in [1.82, 2.24) is 0 Å². The van der Waals surface area contributed by atoms with Gasteiger partial charge in [0.1, 0.15) is 5.82 Å². The fourth-order valence-corrected chi connectivity index (χ4v) is 2.55. The molecule has 3 nitrogen and oxygen atoms in total. The van der Waals surface area contributed by atoms with Crippen LogP contribution in [0.15, 0.2) is 53.4 Å². The Bertz CT molecular complexity index is 668. The molecule has 0 spiro atoms. The van der Waals surface area contributed by atoms with Crippen LogP contribution in [0.2, 0.25) is 0 Å². The van der Waals surface area contributed by atoms with Crippen LogP contribution in [0.5, 0.6) is 0 Å². The van der Waals surface area contributed by atoms with Crippen LogP contribution >= 0.6 is 0 Å². The molecule has 0 atom stereocenters. The summed E-state index contributed by atoms with van der Waals surface area (Å²) in [5, 5.41) is 5.13. The summed E-state index contributed by atoms with van der Waals surface area (Å²) in [6.07, 6.45) is 0.194. The Hall–Kier alpha value is -1.72. The molecular weight excluding hydrogens is 253 g/mol. The van der Waals surface area contributed by atoms with Gasteiger partial charge in [0.15, 0.2) is 0 Å². The van der Waals surface area contributed by atoms with Crippen molar-refractivity contribution in [2.24, 2.45) is 5.14 Å². The zero-order valence-corrected chi connectivity index (χ0v) is 10.3. The first-order valence-corrected chi connectivity index (χ1v) is 6.87. The average molecular weight is 265 g/mol. The van der Waals surface area contributed by atoms with E-state index in [0.717, 1.165) is 0 Å². The zero-order valence-electron chi connectivity index (χ0n) is 9.51. The average Bonchev–Trinajstić information content (AvgIpc) is 2.31.